The third-order valence-electron chi connectivity index (χ3n) is 3.24. The van der Waals surface area contributed by atoms with Crippen LogP contribution in [0.5, 0.6) is 0 Å². The Morgan fingerprint density at radius 3 is 2.21 bits per heavy atom. The van der Waals surface area contributed by atoms with Crippen LogP contribution in [0.4, 0.5) is 0 Å². The second-order valence-electron chi connectivity index (χ2n) is 5.74. The molecule has 0 aliphatic rings. The standard InChI is InChI=1S/C20H21NO3/c1-14(2)24-20(23)18(13-16-7-5-4-6-8-16)21-19(22)17-11-9-15(3)10-12-17/h4-14H,1-3H3,(H,21,22). The lowest BCUT2D eigenvalue weighted by Crippen LogP contribution is -2.29. The van der Waals surface area contributed by atoms with Crippen LogP contribution in [0, 0.1) is 6.92 Å². The predicted molar refractivity (Wildman–Crippen MR) is 94.3 cm³/mol. The van der Waals surface area contributed by atoms with Gasteiger partial charge in [0.2, 0.25) is 0 Å². The van der Waals surface area contributed by atoms with E-state index in [1.165, 1.54) is 0 Å². The van der Waals surface area contributed by atoms with E-state index in [1.54, 1.807) is 32.1 Å². The van der Waals surface area contributed by atoms with Gasteiger partial charge in [0, 0.05) is 5.56 Å². The molecule has 2 rings (SSSR count). The maximum absolute atomic E-state index is 12.4. The van der Waals surface area contributed by atoms with Crippen LogP contribution in [-0.4, -0.2) is 18.0 Å². The van der Waals surface area contributed by atoms with Gasteiger partial charge in [-0.05, 0) is 44.5 Å². The zero-order valence-electron chi connectivity index (χ0n) is 14.1. The molecular formula is C20H21NO3. The highest BCUT2D eigenvalue weighted by atomic mass is 16.5. The Balaban J connectivity index is 2.25. The molecule has 0 aliphatic heterocycles. The average molecular weight is 323 g/mol. The number of benzene rings is 2. The minimum atomic E-state index is -0.561. The molecule has 0 radical (unpaired) electrons. The Kier molecular flexibility index (Phi) is 5.90. The van der Waals surface area contributed by atoms with Crippen molar-refractivity contribution in [3.05, 3.63) is 77.0 Å². The van der Waals surface area contributed by atoms with Gasteiger partial charge in [0.1, 0.15) is 5.70 Å². The van der Waals surface area contributed by atoms with E-state index in [2.05, 4.69) is 5.32 Å². The molecule has 0 saturated heterocycles. The highest BCUT2D eigenvalue weighted by Crippen LogP contribution is 2.10. The van der Waals surface area contributed by atoms with Gasteiger partial charge in [-0.15, -0.1) is 0 Å². The van der Waals surface area contributed by atoms with Crippen molar-refractivity contribution in [1.82, 2.24) is 5.32 Å². The first-order valence-electron chi connectivity index (χ1n) is 7.81. The van der Waals surface area contributed by atoms with Crippen LogP contribution in [-0.2, 0) is 9.53 Å². The highest BCUT2D eigenvalue weighted by molar-refractivity contribution is 6.03. The van der Waals surface area contributed by atoms with Crippen LogP contribution in [0.15, 0.2) is 60.3 Å². The molecule has 0 bridgehead atoms. The first-order valence-corrected chi connectivity index (χ1v) is 7.81. The first-order chi connectivity index (χ1) is 11.5. The van der Waals surface area contributed by atoms with E-state index >= 15 is 0 Å². The monoisotopic (exact) mass is 323 g/mol. The van der Waals surface area contributed by atoms with Gasteiger partial charge in [0.05, 0.1) is 6.10 Å². The summed E-state index contributed by atoms with van der Waals surface area (Å²) in [6.45, 7) is 5.47. The molecule has 0 aliphatic carbocycles. The topological polar surface area (TPSA) is 55.4 Å². The molecule has 1 amide bonds. The fourth-order valence-corrected chi connectivity index (χ4v) is 2.04. The molecule has 0 heterocycles. The van der Waals surface area contributed by atoms with Crippen LogP contribution in [0.3, 0.4) is 0 Å². The molecule has 0 unspecified atom stereocenters. The molecule has 0 atom stereocenters. The van der Waals surface area contributed by atoms with Gasteiger partial charge in [0.15, 0.2) is 0 Å². The Labute approximate surface area is 142 Å². The number of nitrogens with one attached hydrogen (secondary N) is 1. The van der Waals surface area contributed by atoms with Gasteiger partial charge in [0.25, 0.3) is 5.91 Å². The number of aryl methyl sites for hydroxylation is 1. The Bertz CT molecular complexity index is 731. The molecular weight excluding hydrogens is 302 g/mol. The largest absolute Gasteiger partial charge is 0.458 e. The van der Waals surface area contributed by atoms with Gasteiger partial charge in [-0.3, -0.25) is 4.79 Å². The summed E-state index contributed by atoms with van der Waals surface area (Å²) >= 11 is 0. The Hall–Kier alpha value is -2.88. The number of ether oxygens (including phenoxy) is 1. The molecule has 4 nitrogen and oxygen atoms in total. The highest BCUT2D eigenvalue weighted by Gasteiger charge is 2.17. The lowest BCUT2D eigenvalue weighted by atomic mass is 10.1. The molecule has 2 aromatic carbocycles. The number of carbonyl (C=O) groups excluding carboxylic acids is 2. The van der Waals surface area contributed by atoms with E-state index in [0.29, 0.717) is 5.56 Å². The van der Waals surface area contributed by atoms with Crippen molar-refractivity contribution in [1.29, 1.82) is 0 Å². The molecule has 0 spiro atoms. The van der Waals surface area contributed by atoms with Crippen LogP contribution < -0.4 is 5.32 Å². The van der Waals surface area contributed by atoms with E-state index < -0.39 is 5.97 Å². The predicted octanol–water partition coefficient (Wildman–Crippen LogP) is 3.72. The summed E-state index contributed by atoms with van der Waals surface area (Å²) in [7, 11) is 0. The summed E-state index contributed by atoms with van der Waals surface area (Å²) in [5, 5.41) is 2.65. The summed E-state index contributed by atoms with van der Waals surface area (Å²) in [5.74, 6) is -0.910. The molecule has 0 fully saturated rings. The summed E-state index contributed by atoms with van der Waals surface area (Å²) < 4.78 is 5.22. The fraction of sp³-hybridized carbons (Fsp3) is 0.200. The van der Waals surface area contributed by atoms with Gasteiger partial charge in [-0.2, -0.15) is 0 Å². The SMILES string of the molecule is Cc1ccc(C(=O)NC(=Cc2ccccc2)C(=O)OC(C)C)cc1. The van der Waals surface area contributed by atoms with Crippen molar-refractivity contribution in [2.75, 3.05) is 0 Å². The molecule has 0 saturated carbocycles. The minimum absolute atomic E-state index is 0.112. The molecule has 2 aromatic rings. The number of hydrogen-bond acceptors (Lipinski definition) is 3. The lowest BCUT2D eigenvalue weighted by molar-refractivity contribution is -0.142. The summed E-state index contributed by atoms with van der Waals surface area (Å²) in [5.41, 5.74) is 2.46. The van der Waals surface area contributed by atoms with E-state index in [-0.39, 0.29) is 17.7 Å². The summed E-state index contributed by atoms with van der Waals surface area (Å²) in [6.07, 6.45) is 1.34. The van der Waals surface area contributed by atoms with Crippen molar-refractivity contribution in [3.63, 3.8) is 0 Å². The van der Waals surface area contributed by atoms with E-state index in [9.17, 15) is 9.59 Å². The zero-order chi connectivity index (χ0) is 17.5. The minimum Gasteiger partial charge on any atom is -0.458 e. The van der Waals surface area contributed by atoms with Gasteiger partial charge < -0.3 is 10.1 Å². The maximum atomic E-state index is 12.4. The third kappa shape index (κ3) is 5.09. The van der Waals surface area contributed by atoms with Gasteiger partial charge >= 0.3 is 5.97 Å². The van der Waals surface area contributed by atoms with Gasteiger partial charge in [-0.1, -0.05) is 48.0 Å². The van der Waals surface area contributed by atoms with Crippen LogP contribution >= 0.6 is 0 Å². The average Bonchev–Trinajstić information content (AvgIpc) is 2.55. The zero-order valence-corrected chi connectivity index (χ0v) is 14.1. The maximum Gasteiger partial charge on any atom is 0.355 e. The van der Waals surface area contributed by atoms with E-state index in [4.69, 9.17) is 4.74 Å². The number of carbonyl (C=O) groups is 2. The summed E-state index contributed by atoms with van der Waals surface area (Å²) in [4.78, 5) is 24.7. The number of esters is 1. The molecule has 1 N–H and O–H groups in total. The van der Waals surface area contributed by atoms with E-state index in [0.717, 1.165) is 11.1 Å². The van der Waals surface area contributed by atoms with Crippen molar-refractivity contribution < 1.29 is 14.3 Å². The first kappa shape index (κ1) is 17.5. The fourth-order valence-electron chi connectivity index (χ4n) is 2.04. The number of hydrogen-bond donors (Lipinski definition) is 1. The van der Waals surface area contributed by atoms with E-state index in [1.807, 2.05) is 49.4 Å². The van der Waals surface area contributed by atoms with Crippen molar-refractivity contribution in [3.8, 4) is 0 Å². The normalized spacial score (nSPS) is 11.2. The number of rotatable bonds is 5. The van der Waals surface area contributed by atoms with Crippen molar-refractivity contribution in [2.45, 2.75) is 26.9 Å². The lowest BCUT2D eigenvalue weighted by Gasteiger charge is -2.12. The molecule has 124 valence electrons. The molecule has 4 heteroatoms. The van der Waals surface area contributed by atoms with Crippen molar-refractivity contribution in [2.24, 2.45) is 0 Å². The molecule has 24 heavy (non-hydrogen) atoms. The second-order valence-corrected chi connectivity index (χ2v) is 5.74. The Morgan fingerprint density at radius 2 is 1.62 bits per heavy atom. The van der Waals surface area contributed by atoms with Gasteiger partial charge in [-0.25, -0.2) is 4.79 Å². The third-order valence-corrected chi connectivity index (χ3v) is 3.24. The quantitative estimate of drug-likeness (QED) is 0.674. The van der Waals surface area contributed by atoms with Crippen molar-refractivity contribution >= 4 is 18.0 Å². The second kappa shape index (κ2) is 8.11. The smallest absolute Gasteiger partial charge is 0.355 e. The van der Waals surface area contributed by atoms with Crippen LogP contribution in [0.1, 0.15) is 35.3 Å². The van der Waals surface area contributed by atoms with Crippen LogP contribution in [0.25, 0.3) is 6.08 Å². The summed E-state index contributed by atoms with van der Waals surface area (Å²) in [6, 6.07) is 16.4. The number of amides is 1. The Morgan fingerprint density at radius 1 is 1.00 bits per heavy atom. The molecule has 0 aromatic heterocycles. The van der Waals surface area contributed by atoms with Crippen LogP contribution in [0.2, 0.25) is 0 Å².